The minimum absolute atomic E-state index is 0.0547. The molecule has 88 valence electrons. The molecule has 0 aliphatic carbocycles. The van der Waals surface area contributed by atoms with Gasteiger partial charge in [0.2, 0.25) is 5.82 Å². The third-order valence-electron chi connectivity index (χ3n) is 2.02. The summed E-state index contributed by atoms with van der Waals surface area (Å²) in [5.74, 6) is 4.18. The molecule has 0 radical (unpaired) electrons. The number of halogens is 2. The molecule has 0 fully saturated rings. The zero-order valence-electron chi connectivity index (χ0n) is 8.15. The van der Waals surface area contributed by atoms with E-state index in [4.69, 9.17) is 17.4 Å². The van der Waals surface area contributed by atoms with Gasteiger partial charge in [0.15, 0.2) is 11.0 Å². The van der Waals surface area contributed by atoms with Crippen molar-refractivity contribution in [1.82, 2.24) is 9.97 Å². The number of nitro benzene ring substituents is 1. The topological polar surface area (TPSA) is 107 Å². The van der Waals surface area contributed by atoms with Gasteiger partial charge in [0.05, 0.1) is 16.0 Å². The van der Waals surface area contributed by atoms with Gasteiger partial charge in [0, 0.05) is 12.1 Å². The molecule has 3 N–H and O–H groups in total. The summed E-state index contributed by atoms with van der Waals surface area (Å²) < 4.78 is 13.3. The molecule has 0 saturated carbocycles. The number of nitrogens with zero attached hydrogens (tertiary/aromatic N) is 3. The molecule has 1 aromatic heterocycles. The molecule has 17 heavy (non-hydrogen) atoms. The highest BCUT2D eigenvalue weighted by atomic mass is 35.5. The van der Waals surface area contributed by atoms with Crippen molar-refractivity contribution < 1.29 is 9.31 Å². The summed E-state index contributed by atoms with van der Waals surface area (Å²) in [6.07, 6.45) is 0. The molecule has 0 saturated heterocycles. The predicted molar refractivity (Wildman–Crippen MR) is 59.0 cm³/mol. The maximum absolute atomic E-state index is 13.3. The molecule has 9 heteroatoms. The highest BCUT2D eigenvalue weighted by Gasteiger charge is 2.17. The van der Waals surface area contributed by atoms with Crippen LogP contribution in [0.25, 0.3) is 11.0 Å². The highest BCUT2D eigenvalue weighted by Crippen LogP contribution is 2.26. The summed E-state index contributed by atoms with van der Waals surface area (Å²) in [6, 6.07) is 1.86. The van der Waals surface area contributed by atoms with Crippen LogP contribution >= 0.6 is 11.6 Å². The molecule has 0 unspecified atom stereocenters. The Hall–Kier alpha value is -2.06. The Bertz CT molecular complexity index is 620. The second-order valence-electron chi connectivity index (χ2n) is 3.06. The molecule has 1 aromatic carbocycles. The van der Waals surface area contributed by atoms with E-state index in [1.54, 1.807) is 0 Å². The standard InChI is InChI=1S/C8H5ClFN5O2/c9-7-8(14-11)13-4-1-3(10)6(15(16)17)2-5(4)12-7/h1-2H,11H2,(H,13,14). The first kappa shape index (κ1) is 11.4. The van der Waals surface area contributed by atoms with Crippen LogP contribution in [0.1, 0.15) is 0 Å². The van der Waals surface area contributed by atoms with Crippen LogP contribution in [0, 0.1) is 15.9 Å². The average Bonchev–Trinajstić information content (AvgIpc) is 2.27. The third kappa shape index (κ3) is 1.95. The fraction of sp³-hybridized carbons (Fsp3) is 0. The Labute approximate surface area is 98.5 Å². The van der Waals surface area contributed by atoms with Crippen LogP contribution in [0.3, 0.4) is 0 Å². The first-order chi connectivity index (χ1) is 8.02. The van der Waals surface area contributed by atoms with E-state index >= 15 is 0 Å². The van der Waals surface area contributed by atoms with E-state index in [1.807, 2.05) is 0 Å². The molecule has 0 aliphatic rings. The number of hydrazine groups is 1. The van der Waals surface area contributed by atoms with E-state index in [-0.39, 0.29) is 22.0 Å². The number of hydrogen-bond acceptors (Lipinski definition) is 6. The molecule has 7 nitrogen and oxygen atoms in total. The van der Waals surface area contributed by atoms with E-state index in [9.17, 15) is 14.5 Å². The van der Waals surface area contributed by atoms with Crippen molar-refractivity contribution >= 4 is 34.1 Å². The van der Waals surface area contributed by atoms with E-state index < -0.39 is 16.4 Å². The van der Waals surface area contributed by atoms with Crippen molar-refractivity contribution in [2.45, 2.75) is 0 Å². The van der Waals surface area contributed by atoms with E-state index in [0.29, 0.717) is 0 Å². The average molecular weight is 258 g/mol. The van der Waals surface area contributed by atoms with Crippen LogP contribution in [-0.2, 0) is 0 Å². The first-order valence-corrected chi connectivity index (χ1v) is 4.68. The van der Waals surface area contributed by atoms with Gasteiger partial charge in [-0.1, -0.05) is 11.6 Å². The molecule has 0 amide bonds. The maximum atomic E-state index is 13.3. The number of rotatable bonds is 2. The maximum Gasteiger partial charge on any atom is 0.307 e. The van der Waals surface area contributed by atoms with E-state index in [2.05, 4.69) is 15.4 Å². The number of benzene rings is 1. The predicted octanol–water partition coefficient (Wildman–Crippen LogP) is 1.62. The lowest BCUT2D eigenvalue weighted by Gasteiger charge is -2.04. The van der Waals surface area contributed by atoms with Gasteiger partial charge in [0.1, 0.15) is 0 Å². The zero-order chi connectivity index (χ0) is 12.6. The van der Waals surface area contributed by atoms with Crippen LogP contribution in [0.2, 0.25) is 5.15 Å². The Balaban J connectivity index is 2.75. The van der Waals surface area contributed by atoms with Crippen molar-refractivity contribution in [3.63, 3.8) is 0 Å². The number of nitro groups is 1. The minimum Gasteiger partial charge on any atom is -0.306 e. The quantitative estimate of drug-likeness (QED) is 0.481. The lowest BCUT2D eigenvalue weighted by atomic mass is 10.2. The molecule has 0 spiro atoms. The largest absolute Gasteiger partial charge is 0.307 e. The molecular weight excluding hydrogens is 253 g/mol. The molecular formula is C8H5ClFN5O2. The lowest BCUT2D eigenvalue weighted by Crippen LogP contribution is -2.10. The van der Waals surface area contributed by atoms with E-state index in [0.717, 1.165) is 12.1 Å². The first-order valence-electron chi connectivity index (χ1n) is 4.30. The Morgan fingerprint density at radius 2 is 2.06 bits per heavy atom. The SMILES string of the molecule is NNc1nc2cc(F)c([N+](=O)[O-])cc2nc1Cl. The van der Waals surface area contributed by atoms with Gasteiger partial charge in [-0.3, -0.25) is 10.1 Å². The normalized spacial score (nSPS) is 10.5. The third-order valence-corrected chi connectivity index (χ3v) is 2.29. The number of nitrogens with two attached hydrogens (primary N) is 1. The fourth-order valence-electron chi connectivity index (χ4n) is 1.28. The van der Waals surface area contributed by atoms with Crippen LogP contribution in [-0.4, -0.2) is 14.9 Å². The van der Waals surface area contributed by atoms with Crippen molar-refractivity contribution in [2.75, 3.05) is 5.43 Å². The summed E-state index contributed by atoms with van der Waals surface area (Å²) in [6.45, 7) is 0. The monoisotopic (exact) mass is 257 g/mol. The number of aromatic nitrogens is 2. The number of hydrogen-bond donors (Lipinski definition) is 2. The Morgan fingerprint density at radius 1 is 1.41 bits per heavy atom. The molecule has 1 heterocycles. The number of anilines is 1. The highest BCUT2D eigenvalue weighted by molar-refractivity contribution is 6.32. The van der Waals surface area contributed by atoms with Crippen molar-refractivity contribution in [1.29, 1.82) is 0 Å². The summed E-state index contributed by atoms with van der Waals surface area (Å²) >= 11 is 5.70. The molecule has 0 atom stereocenters. The van der Waals surface area contributed by atoms with Gasteiger partial charge in [-0.25, -0.2) is 15.8 Å². The smallest absolute Gasteiger partial charge is 0.306 e. The number of fused-ring (bicyclic) bond motifs is 1. The molecule has 2 rings (SSSR count). The van der Waals surface area contributed by atoms with Crippen molar-refractivity contribution in [3.8, 4) is 0 Å². The lowest BCUT2D eigenvalue weighted by molar-refractivity contribution is -0.387. The van der Waals surface area contributed by atoms with Crippen LogP contribution in [0.15, 0.2) is 12.1 Å². The minimum atomic E-state index is -0.998. The van der Waals surface area contributed by atoms with Gasteiger partial charge in [-0.15, -0.1) is 0 Å². The fourth-order valence-corrected chi connectivity index (χ4v) is 1.46. The molecule has 0 bridgehead atoms. The van der Waals surface area contributed by atoms with Crippen LogP contribution in [0.5, 0.6) is 0 Å². The summed E-state index contributed by atoms with van der Waals surface area (Å²) in [4.78, 5) is 17.4. The summed E-state index contributed by atoms with van der Waals surface area (Å²) in [5, 5.41) is 10.5. The zero-order valence-corrected chi connectivity index (χ0v) is 8.90. The van der Waals surface area contributed by atoms with Crippen molar-refractivity contribution in [2.24, 2.45) is 5.84 Å². The van der Waals surface area contributed by atoms with Gasteiger partial charge in [-0.2, -0.15) is 4.39 Å². The summed E-state index contributed by atoms with van der Waals surface area (Å²) in [5.41, 5.74) is 1.73. The van der Waals surface area contributed by atoms with Gasteiger partial charge in [-0.05, 0) is 0 Å². The van der Waals surface area contributed by atoms with Crippen molar-refractivity contribution in [3.05, 3.63) is 33.2 Å². The number of nitrogen functional groups attached to an aromatic ring is 1. The Morgan fingerprint density at radius 3 is 2.65 bits per heavy atom. The van der Waals surface area contributed by atoms with Gasteiger partial charge >= 0.3 is 5.69 Å². The van der Waals surface area contributed by atoms with Crippen LogP contribution < -0.4 is 11.3 Å². The van der Waals surface area contributed by atoms with Gasteiger partial charge < -0.3 is 5.43 Å². The van der Waals surface area contributed by atoms with E-state index in [1.165, 1.54) is 0 Å². The van der Waals surface area contributed by atoms with Gasteiger partial charge in [0.25, 0.3) is 0 Å². The second-order valence-corrected chi connectivity index (χ2v) is 3.41. The Kier molecular flexibility index (Phi) is 2.74. The summed E-state index contributed by atoms with van der Waals surface area (Å²) in [7, 11) is 0. The molecule has 0 aliphatic heterocycles. The van der Waals surface area contributed by atoms with Crippen LogP contribution in [0.4, 0.5) is 15.9 Å². The molecule has 2 aromatic rings. The second kappa shape index (κ2) is 4.07. The number of nitrogens with one attached hydrogen (secondary N) is 1.